The monoisotopic (exact) mass is 267 g/mol. The molecule has 0 aliphatic heterocycles. The predicted molar refractivity (Wildman–Crippen MR) is 71.4 cm³/mol. The van der Waals surface area contributed by atoms with E-state index in [9.17, 15) is 4.79 Å². The maximum Gasteiger partial charge on any atom is 0.246 e. The molecule has 0 spiro atoms. The largest absolute Gasteiger partial charge is 0.375 e. The van der Waals surface area contributed by atoms with Gasteiger partial charge in [0.15, 0.2) is 0 Å². The number of carbonyl (C=O) groups is 1. The molecular formula is C12H13NO2S2. The second-order valence-electron chi connectivity index (χ2n) is 3.52. The van der Waals surface area contributed by atoms with Crippen LogP contribution in [-0.4, -0.2) is 19.6 Å². The summed E-state index contributed by atoms with van der Waals surface area (Å²) in [7, 11) is 1.51. The van der Waals surface area contributed by atoms with Gasteiger partial charge >= 0.3 is 0 Å². The molecule has 0 fully saturated rings. The van der Waals surface area contributed by atoms with Crippen LogP contribution in [0.1, 0.15) is 4.88 Å². The lowest BCUT2D eigenvalue weighted by atomic mass is 10.2. The topological polar surface area (TPSA) is 38.3 Å². The molecule has 1 amide bonds. The van der Waals surface area contributed by atoms with Gasteiger partial charge in [0.25, 0.3) is 0 Å². The van der Waals surface area contributed by atoms with Gasteiger partial charge in [-0.2, -0.15) is 11.3 Å². The number of hydrogen-bond acceptors (Lipinski definition) is 4. The number of ether oxygens (including phenoxy) is 1. The van der Waals surface area contributed by atoms with E-state index in [1.165, 1.54) is 18.2 Å². The molecule has 5 heteroatoms. The lowest BCUT2D eigenvalue weighted by Crippen LogP contribution is -2.26. The van der Waals surface area contributed by atoms with Gasteiger partial charge in [0.2, 0.25) is 5.91 Å². The number of hydrogen-bond donors (Lipinski definition) is 1. The highest BCUT2D eigenvalue weighted by Gasteiger charge is 2.04. The van der Waals surface area contributed by atoms with Crippen LogP contribution in [0, 0.1) is 0 Å². The average Bonchev–Trinajstić information content (AvgIpc) is 2.97. The Hall–Kier alpha value is -1.17. The van der Waals surface area contributed by atoms with Crippen molar-refractivity contribution in [3.05, 3.63) is 33.2 Å². The number of amides is 1. The Balaban J connectivity index is 1.93. The van der Waals surface area contributed by atoms with Crippen LogP contribution < -0.4 is 5.32 Å². The van der Waals surface area contributed by atoms with Crippen LogP contribution in [0.5, 0.6) is 0 Å². The molecular weight excluding hydrogens is 254 g/mol. The van der Waals surface area contributed by atoms with Gasteiger partial charge in [-0.3, -0.25) is 4.79 Å². The smallest absolute Gasteiger partial charge is 0.246 e. The van der Waals surface area contributed by atoms with E-state index in [-0.39, 0.29) is 12.5 Å². The maximum atomic E-state index is 11.2. The molecule has 0 aromatic carbocycles. The zero-order valence-corrected chi connectivity index (χ0v) is 11.1. The molecule has 2 aromatic heterocycles. The first-order chi connectivity index (χ1) is 8.29. The fraction of sp³-hybridized carbons (Fsp3) is 0.250. The third kappa shape index (κ3) is 3.39. The van der Waals surface area contributed by atoms with Crippen LogP contribution >= 0.6 is 22.7 Å². The van der Waals surface area contributed by atoms with E-state index in [2.05, 4.69) is 33.6 Å². The first-order valence-corrected chi connectivity index (χ1v) is 6.97. The molecule has 3 nitrogen and oxygen atoms in total. The molecule has 2 aromatic rings. The summed E-state index contributed by atoms with van der Waals surface area (Å²) in [6, 6.07) is 4.21. The Labute approximate surface area is 108 Å². The highest BCUT2D eigenvalue weighted by molar-refractivity contribution is 7.10. The highest BCUT2D eigenvalue weighted by atomic mass is 32.1. The number of carbonyl (C=O) groups excluding carboxylic acids is 1. The fourth-order valence-corrected chi connectivity index (χ4v) is 2.92. The Bertz CT molecular complexity index is 476. The number of nitrogens with one attached hydrogen (secondary N) is 1. The van der Waals surface area contributed by atoms with Crippen LogP contribution in [0.25, 0.3) is 11.1 Å². The van der Waals surface area contributed by atoms with Gasteiger partial charge < -0.3 is 10.1 Å². The first-order valence-electron chi connectivity index (χ1n) is 5.15. The minimum absolute atomic E-state index is 0.0852. The van der Waals surface area contributed by atoms with Crippen molar-refractivity contribution < 1.29 is 9.53 Å². The Kier molecular flexibility index (Phi) is 4.30. The summed E-state index contributed by atoms with van der Waals surface area (Å²) >= 11 is 3.34. The van der Waals surface area contributed by atoms with Gasteiger partial charge in [-0.05, 0) is 39.4 Å². The van der Waals surface area contributed by atoms with Crippen LogP contribution in [0.2, 0.25) is 0 Å². The lowest BCUT2D eigenvalue weighted by Gasteiger charge is -2.01. The van der Waals surface area contributed by atoms with Gasteiger partial charge in [0.1, 0.15) is 6.61 Å². The molecule has 1 N–H and O–H groups in total. The third-order valence-corrected chi connectivity index (χ3v) is 3.86. The summed E-state index contributed by atoms with van der Waals surface area (Å²) in [5.41, 5.74) is 2.45. The lowest BCUT2D eigenvalue weighted by molar-refractivity contribution is -0.124. The fourth-order valence-electron chi connectivity index (χ4n) is 1.42. The molecule has 17 heavy (non-hydrogen) atoms. The Morgan fingerprint density at radius 3 is 3.00 bits per heavy atom. The zero-order chi connectivity index (χ0) is 12.1. The summed E-state index contributed by atoms with van der Waals surface area (Å²) in [4.78, 5) is 12.4. The van der Waals surface area contributed by atoms with Crippen molar-refractivity contribution >= 4 is 28.6 Å². The van der Waals surface area contributed by atoms with Crippen molar-refractivity contribution in [2.24, 2.45) is 0 Å². The second kappa shape index (κ2) is 5.95. The van der Waals surface area contributed by atoms with Crippen LogP contribution in [-0.2, 0) is 16.1 Å². The van der Waals surface area contributed by atoms with Gasteiger partial charge in [-0.15, -0.1) is 11.3 Å². The van der Waals surface area contributed by atoms with Gasteiger partial charge in [0.05, 0.1) is 6.54 Å². The Morgan fingerprint density at radius 2 is 2.29 bits per heavy atom. The zero-order valence-electron chi connectivity index (χ0n) is 9.43. The Morgan fingerprint density at radius 1 is 1.41 bits per heavy atom. The molecule has 0 radical (unpaired) electrons. The molecule has 0 unspecified atom stereocenters. The molecule has 0 aliphatic rings. The van der Waals surface area contributed by atoms with Crippen LogP contribution in [0.3, 0.4) is 0 Å². The van der Waals surface area contributed by atoms with Gasteiger partial charge in [-0.25, -0.2) is 0 Å². The SMILES string of the molecule is COCC(=O)NCc1cc(-c2ccsc2)cs1. The minimum Gasteiger partial charge on any atom is -0.375 e. The quantitative estimate of drug-likeness (QED) is 0.904. The van der Waals surface area contributed by atoms with E-state index in [1.54, 1.807) is 22.7 Å². The molecule has 0 saturated carbocycles. The van der Waals surface area contributed by atoms with E-state index < -0.39 is 0 Å². The summed E-state index contributed by atoms with van der Waals surface area (Å²) in [6.07, 6.45) is 0. The molecule has 0 saturated heterocycles. The van der Waals surface area contributed by atoms with Crippen molar-refractivity contribution in [1.82, 2.24) is 5.32 Å². The summed E-state index contributed by atoms with van der Waals surface area (Å²) < 4.78 is 4.75. The van der Waals surface area contributed by atoms with E-state index >= 15 is 0 Å². The van der Waals surface area contributed by atoms with Crippen LogP contribution in [0.4, 0.5) is 0 Å². The maximum absolute atomic E-state index is 11.2. The van der Waals surface area contributed by atoms with E-state index in [0.29, 0.717) is 6.54 Å². The summed E-state index contributed by atoms with van der Waals surface area (Å²) in [5.74, 6) is -0.0852. The molecule has 90 valence electrons. The number of thiophene rings is 2. The van der Waals surface area contributed by atoms with Gasteiger partial charge in [0, 0.05) is 12.0 Å². The minimum atomic E-state index is -0.0852. The van der Waals surface area contributed by atoms with Crippen molar-refractivity contribution in [3.8, 4) is 11.1 Å². The number of rotatable bonds is 5. The molecule has 2 heterocycles. The second-order valence-corrected chi connectivity index (χ2v) is 5.30. The van der Waals surface area contributed by atoms with Crippen molar-refractivity contribution in [3.63, 3.8) is 0 Å². The normalized spacial score (nSPS) is 10.4. The molecule has 0 atom stereocenters. The van der Waals surface area contributed by atoms with E-state index in [4.69, 9.17) is 4.74 Å². The predicted octanol–water partition coefficient (Wildman–Crippen LogP) is 2.74. The van der Waals surface area contributed by atoms with E-state index in [1.807, 2.05) is 0 Å². The van der Waals surface area contributed by atoms with Gasteiger partial charge in [-0.1, -0.05) is 0 Å². The molecule has 0 aliphatic carbocycles. The van der Waals surface area contributed by atoms with E-state index in [0.717, 1.165) is 4.88 Å². The highest BCUT2D eigenvalue weighted by Crippen LogP contribution is 2.27. The first kappa shape index (κ1) is 12.3. The van der Waals surface area contributed by atoms with Crippen LogP contribution in [0.15, 0.2) is 28.3 Å². The number of methoxy groups -OCH3 is 1. The van der Waals surface area contributed by atoms with Crippen molar-refractivity contribution in [2.45, 2.75) is 6.54 Å². The van der Waals surface area contributed by atoms with Crippen molar-refractivity contribution in [2.75, 3.05) is 13.7 Å². The standard InChI is InChI=1S/C12H13NO2S2/c1-15-6-12(14)13-5-11-4-10(8-17-11)9-2-3-16-7-9/h2-4,7-8H,5-6H2,1H3,(H,13,14). The molecule has 0 bridgehead atoms. The van der Waals surface area contributed by atoms with Crippen molar-refractivity contribution in [1.29, 1.82) is 0 Å². The third-order valence-electron chi connectivity index (χ3n) is 2.24. The summed E-state index contributed by atoms with van der Waals surface area (Å²) in [6.45, 7) is 0.680. The average molecular weight is 267 g/mol. The molecule has 2 rings (SSSR count). The summed E-state index contributed by atoms with van der Waals surface area (Å²) in [5, 5.41) is 9.10.